The van der Waals surface area contributed by atoms with Gasteiger partial charge in [0.1, 0.15) is 12.6 Å². The summed E-state index contributed by atoms with van der Waals surface area (Å²) in [6.45, 7) is -2.71. The summed E-state index contributed by atoms with van der Waals surface area (Å²) in [7, 11) is 0. The van der Waals surface area contributed by atoms with Gasteiger partial charge in [-0.3, -0.25) is 0 Å². The second-order valence-electron chi connectivity index (χ2n) is 4.49. The highest BCUT2D eigenvalue weighted by molar-refractivity contribution is 5.02. The van der Waals surface area contributed by atoms with Gasteiger partial charge in [-0.15, -0.1) is 0 Å². The van der Waals surface area contributed by atoms with E-state index in [-0.39, 0.29) is 0 Å². The van der Waals surface area contributed by atoms with E-state index in [0.29, 0.717) is 0 Å². The van der Waals surface area contributed by atoms with Crippen LogP contribution in [0.15, 0.2) is 0 Å². The maximum absolute atomic E-state index is 13.7. The van der Waals surface area contributed by atoms with Crippen molar-refractivity contribution in [1.82, 2.24) is 0 Å². The number of alkyl halides is 12. The van der Waals surface area contributed by atoms with E-state index in [1.807, 2.05) is 0 Å². The Bertz CT molecular complexity index is 339. The second-order valence-corrected chi connectivity index (χ2v) is 4.49. The zero-order valence-corrected chi connectivity index (χ0v) is 10.5. The Morgan fingerprint density at radius 3 is 1.50 bits per heavy atom. The van der Waals surface area contributed by atoms with Crippen molar-refractivity contribution in [3.8, 4) is 0 Å². The van der Waals surface area contributed by atoms with Gasteiger partial charge in [0.05, 0.1) is 0 Å². The van der Waals surface area contributed by atoms with Crippen LogP contribution in [0.3, 0.4) is 0 Å². The molecule has 0 aliphatic heterocycles. The van der Waals surface area contributed by atoms with Crippen LogP contribution in [0.25, 0.3) is 0 Å². The third-order valence-electron chi connectivity index (χ3n) is 2.88. The summed E-state index contributed by atoms with van der Waals surface area (Å²) in [5.41, 5.74) is -5.66. The lowest BCUT2D eigenvalue weighted by molar-refractivity contribution is -0.319. The highest BCUT2D eigenvalue weighted by atomic mass is 19.4. The number of hydrogen-bond acceptors (Lipinski definition) is 0. The van der Waals surface area contributed by atoms with E-state index >= 15 is 0 Å². The molecule has 0 saturated carbocycles. The highest BCUT2D eigenvalue weighted by Gasteiger charge is 2.71. The average Bonchev–Trinajstić information content (AvgIpc) is 2.28. The smallest absolute Gasteiger partial charge is 0.248 e. The van der Waals surface area contributed by atoms with Gasteiger partial charge in [-0.1, -0.05) is 0 Å². The molecule has 0 bridgehead atoms. The molecule has 0 aromatic rings. The molecule has 22 heavy (non-hydrogen) atoms. The maximum Gasteiger partial charge on any atom is 0.426 e. The van der Waals surface area contributed by atoms with Crippen molar-refractivity contribution in [2.45, 2.75) is 49.6 Å². The Labute approximate surface area is 116 Å². The van der Waals surface area contributed by atoms with Crippen molar-refractivity contribution in [2.24, 2.45) is 5.92 Å². The SMILES string of the molecule is FCC(F)C(F)(C(CCCC(F)(F)F)C(F)(F)F)C(F)(F)F. The van der Waals surface area contributed by atoms with Gasteiger partial charge in [-0.2, -0.15) is 39.5 Å². The zero-order valence-electron chi connectivity index (χ0n) is 10.5. The Balaban J connectivity index is 5.54. The van der Waals surface area contributed by atoms with E-state index in [4.69, 9.17) is 0 Å². The summed E-state index contributed by atoms with van der Waals surface area (Å²) >= 11 is 0. The van der Waals surface area contributed by atoms with Gasteiger partial charge >= 0.3 is 18.5 Å². The minimum Gasteiger partial charge on any atom is -0.248 e. The lowest BCUT2D eigenvalue weighted by Gasteiger charge is -2.37. The van der Waals surface area contributed by atoms with Crippen LogP contribution in [0.5, 0.6) is 0 Å². The average molecular weight is 358 g/mol. The highest BCUT2D eigenvalue weighted by Crippen LogP contribution is 2.51. The summed E-state index contributed by atoms with van der Waals surface area (Å²) in [5, 5.41) is 0. The molecule has 0 nitrogen and oxygen atoms in total. The lowest BCUT2D eigenvalue weighted by Crippen LogP contribution is -2.59. The first-order chi connectivity index (χ1) is 9.57. The molecule has 0 fully saturated rings. The first-order valence-electron chi connectivity index (χ1n) is 5.66. The molecule has 0 aliphatic carbocycles. The fourth-order valence-electron chi connectivity index (χ4n) is 1.82. The first-order valence-corrected chi connectivity index (χ1v) is 5.66. The zero-order chi connectivity index (χ0) is 18.0. The quantitative estimate of drug-likeness (QED) is 0.552. The van der Waals surface area contributed by atoms with Crippen LogP contribution in [0.4, 0.5) is 52.7 Å². The van der Waals surface area contributed by atoms with E-state index in [1.165, 1.54) is 0 Å². The third kappa shape index (κ3) is 5.11. The molecule has 12 heteroatoms. The normalized spacial score (nSPS) is 19.6. The fraction of sp³-hybridized carbons (Fsp3) is 1.00. The minimum absolute atomic E-state index is 1.52. The Morgan fingerprint density at radius 2 is 1.23 bits per heavy atom. The van der Waals surface area contributed by atoms with Crippen molar-refractivity contribution in [3.05, 3.63) is 0 Å². The standard InChI is InChI=1S/C10H10F12/c11-4-6(12)8(16,10(20,21)22)5(9(17,18)19)2-1-3-7(13,14)15/h5-6H,1-4H2. The molecule has 0 amide bonds. The summed E-state index contributed by atoms with van der Waals surface area (Å²) in [6.07, 6.45) is -27.1. The van der Waals surface area contributed by atoms with Crippen molar-refractivity contribution in [2.75, 3.05) is 6.67 Å². The van der Waals surface area contributed by atoms with E-state index in [0.717, 1.165) is 0 Å². The van der Waals surface area contributed by atoms with Gasteiger partial charge in [0.2, 0.25) is 5.67 Å². The Morgan fingerprint density at radius 1 is 0.773 bits per heavy atom. The second kappa shape index (κ2) is 6.73. The monoisotopic (exact) mass is 358 g/mol. The summed E-state index contributed by atoms with van der Waals surface area (Å²) in [6, 6.07) is 0. The first kappa shape index (κ1) is 21.2. The van der Waals surface area contributed by atoms with E-state index in [2.05, 4.69) is 0 Å². The van der Waals surface area contributed by atoms with Crippen LogP contribution in [0.1, 0.15) is 19.3 Å². The predicted molar refractivity (Wildman–Crippen MR) is 50.2 cm³/mol. The molecule has 0 aromatic heterocycles. The fourth-order valence-corrected chi connectivity index (χ4v) is 1.82. The molecular weight excluding hydrogens is 348 g/mol. The van der Waals surface area contributed by atoms with Crippen molar-refractivity contribution >= 4 is 0 Å². The lowest BCUT2D eigenvalue weighted by atomic mass is 9.80. The third-order valence-corrected chi connectivity index (χ3v) is 2.88. The predicted octanol–water partition coefficient (Wildman–Crippen LogP) is 5.48. The molecule has 0 N–H and O–H groups in total. The summed E-state index contributed by atoms with van der Waals surface area (Å²) < 4.78 is 149. The Hall–Kier alpha value is -0.840. The number of rotatable bonds is 6. The number of hydrogen-bond donors (Lipinski definition) is 0. The van der Waals surface area contributed by atoms with Gasteiger partial charge < -0.3 is 0 Å². The van der Waals surface area contributed by atoms with Gasteiger partial charge in [0.25, 0.3) is 0 Å². The molecule has 3 unspecified atom stereocenters. The number of halogens is 12. The van der Waals surface area contributed by atoms with E-state index < -0.39 is 62.2 Å². The summed E-state index contributed by atoms with van der Waals surface area (Å²) in [5.74, 6) is -4.15. The molecule has 0 aliphatic rings. The van der Waals surface area contributed by atoms with E-state index in [1.54, 1.807) is 0 Å². The van der Waals surface area contributed by atoms with Crippen molar-refractivity contribution in [3.63, 3.8) is 0 Å². The summed E-state index contributed by atoms with van der Waals surface area (Å²) in [4.78, 5) is 0. The van der Waals surface area contributed by atoms with Gasteiger partial charge in [0, 0.05) is 6.42 Å². The molecule has 0 radical (unpaired) electrons. The molecule has 0 rings (SSSR count). The van der Waals surface area contributed by atoms with Crippen molar-refractivity contribution < 1.29 is 52.7 Å². The molecular formula is C10H10F12. The molecule has 0 aromatic carbocycles. The van der Waals surface area contributed by atoms with E-state index in [9.17, 15) is 52.7 Å². The van der Waals surface area contributed by atoms with Crippen LogP contribution in [-0.4, -0.2) is 37.0 Å². The molecule has 3 atom stereocenters. The van der Waals surface area contributed by atoms with Crippen LogP contribution in [0, 0.1) is 5.92 Å². The van der Waals surface area contributed by atoms with Crippen LogP contribution in [0.2, 0.25) is 0 Å². The molecule has 134 valence electrons. The van der Waals surface area contributed by atoms with Crippen LogP contribution < -0.4 is 0 Å². The maximum atomic E-state index is 13.7. The minimum atomic E-state index is -6.45. The molecule has 0 spiro atoms. The Kier molecular flexibility index (Phi) is 6.47. The van der Waals surface area contributed by atoms with Crippen molar-refractivity contribution in [1.29, 1.82) is 0 Å². The van der Waals surface area contributed by atoms with Gasteiger partial charge in [-0.25, -0.2) is 13.2 Å². The van der Waals surface area contributed by atoms with Gasteiger partial charge in [0.15, 0.2) is 6.17 Å². The van der Waals surface area contributed by atoms with Crippen LogP contribution in [-0.2, 0) is 0 Å². The molecule has 0 heterocycles. The molecule has 0 saturated heterocycles. The topological polar surface area (TPSA) is 0 Å². The largest absolute Gasteiger partial charge is 0.426 e. The van der Waals surface area contributed by atoms with Crippen LogP contribution >= 0.6 is 0 Å². The van der Waals surface area contributed by atoms with Gasteiger partial charge in [-0.05, 0) is 12.8 Å².